The molecule has 1 amide bonds. The van der Waals surface area contributed by atoms with E-state index >= 15 is 0 Å². The van der Waals surface area contributed by atoms with Gasteiger partial charge >= 0.3 is 0 Å². The van der Waals surface area contributed by atoms with Crippen LogP contribution in [0, 0.1) is 0 Å². The number of amides is 1. The highest BCUT2D eigenvalue weighted by Crippen LogP contribution is 2.33. The van der Waals surface area contributed by atoms with Crippen molar-refractivity contribution < 1.29 is 4.79 Å². The number of aryl methyl sites for hydroxylation is 1. The number of nitrogens with zero attached hydrogens (tertiary/aromatic N) is 2. The van der Waals surface area contributed by atoms with E-state index in [1.165, 1.54) is 24.8 Å². The maximum Gasteiger partial charge on any atom is 0.254 e. The molecule has 0 saturated heterocycles. The van der Waals surface area contributed by atoms with E-state index in [0.29, 0.717) is 5.92 Å². The molecule has 138 valence electrons. The van der Waals surface area contributed by atoms with Crippen molar-refractivity contribution in [1.82, 2.24) is 15.1 Å². The molecule has 2 unspecified atom stereocenters. The molecule has 4 nitrogen and oxygen atoms in total. The van der Waals surface area contributed by atoms with Crippen LogP contribution in [-0.2, 0) is 13.0 Å². The van der Waals surface area contributed by atoms with Crippen molar-refractivity contribution in [2.45, 2.75) is 69.9 Å². The van der Waals surface area contributed by atoms with E-state index in [0.717, 1.165) is 54.9 Å². The van der Waals surface area contributed by atoms with Crippen molar-refractivity contribution in [3.05, 3.63) is 52.3 Å². The Bertz CT molecular complexity index is 768. The number of hydrogen-bond donors (Lipinski definition) is 1. The quantitative estimate of drug-likeness (QED) is 0.793. The largest absolute Gasteiger partial charge is 0.349 e. The smallest absolute Gasteiger partial charge is 0.254 e. The SMILES string of the molecule is O=C(NC1CCCCCC1c1ccc(Cl)cc1)c1cnn2c1CCCC2. The van der Waals surface area contributed by atoms with Gasteiger partial charge in [0.15, 0.2) is 0 Å². The van der Waals surface area contributed by atoms with E-state index < -0.39 is 0 Å². The average molecular weight is 372 g/mol. The molecule has 1 aromatic carbocycles. The van der Waals surface area contributed by atoms with Crippen molar-refractivity contribution in [3.63, 3.8) is 0 Å². The van der Waals surface area contributed by atoms with Gasteiger partial charge in [0.05, 0.1) is 17.5 Å². The summed E-state index contributed by atoms with van der Waals surface area (Å²) in [5.41, 5.74) is 3.15. The number of aromatic nitrogens is 2. The highest BCUT2D eigenvalue weighted by Gasteiger charge is 2.28. The molecule has 0 spiro atoms. The van der Waals surface area contributed by atoms with Gasteiger partial charge in [0.25, 0.3) is 5.91 Å². The third kappa shape index (κ3) is 3.66. The van der Waals surface area contributed by atoms with Crippen molar-refractivity contribution in [2.24, 2.45) is 0 Å². The Kier molecular flexibility index (Phi) is 5.30. The van der Waals surface area contributed by atoms with E-state index in [1.807, 2.05) is 16.8 Å². The molecule has 2 atom stereocenters. The van der Waals surface area contributed by atoms with Gasteiger partial charge in [0.1, 0.15) is 0 Å². The second-order valence-electron chi connectivity index (χ2n) is 7.56. The van der Waals surface area contributed by atoms with E-state index in [9.17, 15) is 4.79 Å². The van der Waals surface area contributed by atoms with Crippen molar-refractivity contribution in [1.29, 1.82) is 0 Å². The molecule has 5 heteroatoms. The number of halogens is 1. The second-order valence-corrected chi connectivity index (χ2v) is 8.00. The number of nitrogens with one attached hydrogen (secondary N) is 1. The number of fused-ring (bicyclic) bond motifs is 1. The van der Waals surface area contributed by atoms with Crippen LogP contribution in [0.15, 0.2) is 30.5 Å². The summed E-state index contributed by atoms with van der Waals surface area (Å²) in [7, 11) is 0. The zero-order valence-electron chi connectivity index (χ0n) is 15.1. The highest BCUT2D eigenvalue weighted by molar-refractivity contribution is 6.30. The molecule has 1 saturated carbocycles. The zero-order chi connectivity index (χ0) is 17.9. The predicted molar refractivity (Wildman–Crippen MR) is 104 cm³/mol. The molecule has 2 aliphatic rings. The van der Waals surface area contributed by atoms with Gasteiger partial charge in [-0.3, -0.25) is 9.48 Å². The minimum atomic E-state index is 0.0408. The number of carbonyl (C=O) groups is 1. The fraction of sp³-hybridized carbons (Fsp3) is 0.524. The Labute approximate surface area is 159 Å². The van der Waals surface area contributed by atoms with E-state index in [4.69, 9.17) is 11.6 Å². The van der Waals surface area contributed by atoms with Crippen molar-refractivity contribution in [2.75, 3.05) is 0 Å². The van der Waals surface area contributed by atoms with Crippen LogP contribution in [0.5, 0.6) is 0 Å². The molecule has 1 aromatic heterocycles. The van der Waals surface area contributed by atoms with Crippen LogP contribution in [0.4, 0.5) is 0 Å². The Hall–Kier alpha value is -1.81. The van der Waals surface area contributed by atoms with Gasteiger partial charge in [-0.05, 0) is 49.8 Å². The first-order valence-electron chi connectivity index (χ1n) is 9.83. The summed E-state index contributed by atoms with van der Waals surface area (Å²) in [5, 5.41) is 8.53. The molecule has 2 aromatic rings. The normalized spacial score (nSPS) is 23.1. The van der Waals surface area contributed by atoms with Gasteiger partial charge in [-0.25, -0.2) is 0 Å². The maximum atomic E-state index is 13.0. The lowest BCUT2D eigenvalue weighted by atomic mass is 9.87. The lowest BCUT2D eigenvalue weighted by molar-refractivity contribution is 0.0927. The van der Waals surface area contributed by atoms with Crippen LogP contribution >= 0.6 is 11.6 Å². The van der Waals surface area contributed by atoms with Gasteiger partial charge in [-0.2, -0.15) is 5.10 Å². The topological polar surface area (TPSA) is 46.9 Å². The van der Waals surface area contributed by atoms with Gasteiger partial charge in [-0.1, -0.05) is 43.0 Å². The lowest BCUT2D eigenvalue weighted by Crippen LogP contribution is -2.39. The van der Waals surface area contributed by atoms with Crippen LogP contribution in [0.25, 0.3) is 0 Å². The van der Waals surface area contributed by atoms with Crippen LogP contribution in [0.3, 0.4) is 0 Å². The van der Waals surface area contributed by atoms with Crippen LogP contribution in [-0.4, -0.2) is 21.7 Å². The van der Waals surface area contributed by atoms with Gasteiger partial charge in [-0.15, -0.1) is 0 Å². The van der Waals surface area contributed by atoms with E-state index in [-0.39, 0.29) is 11.9 Å². The Morgan fingerprint density at radius 3 is 2.73 bits per heavy atom. The lowest BCUT2D eigenvalue weighted by Gasteiger charge is -2.27. The summed E-state index contributed by atoms with van der Waals surface area (Å²) in [5.74, 6) is 0.393. The Balaban J connectivity index is 1.54. The maximum absolute atomic E-state index is 13.0. The standard InChI is InChI=1S/C21H26ClN3O/c22-16-11-9-15(10-12-16)17-6-2-1-3-7-19(17)24-21(26)18-14-23-25-13-5-4-8-20(18)25/h9-12,14,17,19H,1-8,13H2,(H,24,26). The van der Waals surface area contributed by atoms with Gasteiger partial charge in [0, 0.05) is 23.5 Å². The van der Waals surface area contributed by atoms with Crippen LogP contribution in [0.2, 0.25) is 5.02 Å². The van der Waals surface area contributed by atoms with Crippen LogP contribution in [0.1, 0.15) is 72.5 Å². The third-order valence-corrected chi connectivity index (χ3v) is 6.11. The molecule has 1 N–H and O–H groups in total. The molecular weight excluding hydrogens is 346 g/mol. The van der Waals surface area contributed by atoms with Crippen molar-refractivity contribution in [3.8, 4) is 0 Å². The van der Waals surface area contributed by atoms with Gasteiger partial charge < -0.3 is 5.32 Å². The monoisotopic (exact) mass is 371 g/mol. The fourth-order valence-electron chi connectivity index (χ4n) is 4.45. The minimum Gasteiger partial charge on any atom is -0.349 e. The number of rotatable bonds is 3. The first-order valence-corrected chi connectivity index (χ1v) is 10.2. The number of benzene rings is 1. The molecule has 26 heavy (non-hydrogen) atoms. The van der Waals surface area contributed by atoms with Gasteiger partial charge in [0.2, 0.25) is 0 Å². The molecule has 1 fully saturated rings. The molecule has 0 bridgehead atoms. The summed E-state index contributed by atoms with van der Waals surface area (Å²) >= 11 is 6.06. The summed E-state index contributed by atoms with van der Waals surface area (Å²) < 4.78 is 2.00. The van der Waals surface area contributed by atoms with Crippen molar-refractivity contribution >= 4 is 17.5 Å². The molecule has 1 aliphatic carbocycles. The average Bonchev–Trinajstić information content (AvgIpc) is 2.96. The number of carbonyl (C=O) groups excluding carboxylic acids is 1. The summed E-state index contributed by atoms with van der Waals surface area (Å²) in [6.45, 7) is 0.930. The molecule has 2 heterocycles. The first-order chi connectivity index (χ1) is 12.7. The fourth-order valence-corrected chi connectivity index (χ4v) is 4.57. The number of hydrogen-bond acceptors (Lipinski definition) is 2. The molecular formula is C21H26ClN3O. The predicted octanol–water partition coefficient (Wildman–Crippen LogP) is 4.72. The Morgan fingerprint density at radius 2 is 1.88 bits per heavy atom. The highest BCUT2D eigenvalue weighted by atomic mass is 35.5. The summed E-state index contributed by atoms with van der Waals surface area (Å²) in [6, 6.07) is 8.30. The molecule has 1 aliphatic heterocycles. The summed E-state index contributed by atoms with van der Waals surface area (Å²) in [6.07, 6.45) is 10.8. The van der Waals surface area contributed by atoms with Crippen LogP contribution < -0.4 is 5.32 Å². The summed E-state index contributed by atoms with van der Waals surface area (Å²) in [4.78, 5) is 13.0. The zero-order valence-corrected chi connectivity index (χ0v) is 15.8. The Morgan fingerprint density at radius 1 is 1.08 bits per heavy atom. The first kappa shape index (κ1) is 17.6. The molecule has 4 rings (SSSR count). The van der Waals surface area contributed by atoms with E-state index in [1.54, 1.807) is 6.20 Å². The minimum absolute atomic E-state index is 0.0408. The molecule has 0 radical (unpaired) electrons. The third-order valence-electron chi connectivity index (χ3n) is 5.86. The second kappa shape index (κ2) is 7.83. The van der Waals surface area contributed by atoms with E-state index in [2.05, 4.69) is 22.5 Å².